The highest BCUT2D eigenvalue weighted by Gasteiger charge is 2.36. The summed E-state index contributed by atoms with van der Waals surface area (Å²) in [7, 11) is 2.00. The Hall–Kier alpha value is -1.55. The molecule has 1 amide bonds. The molecular formula is C16H22N2O2. The second-order valence-corrected chi connectivity index (χ2v) is 6.04. The number of piperidine rings is 1. The Balaban J connectivity index is 1.70. The number of carbonyl (C=O) groups is 1. The van der Waals surface area contributed by atoms with E-state index in [4.69, 9.17) is 4.74 Å². The van der Waals surface area contributed by atoms with Crippen molar-refractivity contribution in [2.24, 2.45) is 0 Å². The number of nitrogens with zero attached hydrogens (tertiary/aromatic N) is 1. The third-order valence-corrected chi connectivity index (χ3v) is 4.78. The lowest BCUT2D eigenvalue weighted by Gasteiger charge is -2.40. The average Bonchev–Trinajstić information content (AvgIpc) is 2.91. The maximum absolute atomic E-state index is 12.7. The minimum absolute atomic E-state index is 0.120. The highest BCUT2D eigenvalue weighted by atomic mass is 16.5. The fraction of sp³-hybridized carbons (Fsp3) is 0.562. The van der Waals surface area contributed by atoms with Crippen LogP contribution in [0.15, 0.2) is 24.3 Å². The smallest absolute Gasteiger partial charge is 0.233 e. The molecule has 20 heavy (non-hydrogen) atoms. The molecule has 2 aliphatic rings. The fourth-order valence-electron chi connectivity index (χ4n) is 3.06. The van der Waals surface area contributed by atoms with Gasteiger partial charge in [-0.05, 0) is 32.9 Å². The van der Waals surface area contributed by atoms with Crippen LogP contribution in [0, 0.1) is 0 Å². The van der Waals surface area contributed by atoms with Crippen molar-refractivity contribution in [2.75, 3.05) is 26.7 Å². The summed E-state index contributed by atoms with van der Waals surface area (Å²) in [5, 5.41) is 3.36. The van der Waals surface area contributed by atoms with Crippen molar-refractivity contribution in [3.63, 3.8) is 0 Å². The van der Waals surface area contributed by atoms with Gasteiger partial charge in [0.1, 0.15) is 18.3 Å². The van der Waals surface area contributed by atoms with E-state index in [1.807, 2.05) is 36.2 Å². The molecule has 1 saturated heterocycles. The standard InChI is InChI=1S/C16H22N2O2/c1-16(17-2)7-9-18(10-8-16)15(19)13-11-20-14-6-4-3-5-12(13)14/h3-6,13,17H,7-11H2,1-2H3. The minimum Gasteiger partial charge on any atom is -0.492 e. The van der Waals surface area contributed by atoms with E-state index >= 15 is 0 Å². The molecule has 0 bridgehead atoms. The molecule has 0 aliphatic carbocycles. The summed E-state index contributed by atoms with van der Waals surface area (Å²) in [6, 6.07) is 7.87. The average molecular weight is 274 g/mol. The molecule has 0 saturated carbocycles. The second-order valence-electron chi connectivity index (χ2n) is 6.04. The van der Waals surface area contributed by atoms with Gasteiger partial charge < -0.3 is 15.0 Å². The normalized spacial score (nSPS) is 24.1. The molecule has 1 fully saturated rings. The third kappa shape index (κ3) is 2.29. The molecule has 1 N–H and O–H groups in total. The van der Waals surface area contributed by atoms with Crippen molar-refractivity contribution in [1.82, 2.24) is 10.2 Å². The van der Waals surface area contributed by atoms with Crippen LogP contribution in [0.3, 0.4) is 0 Å². The SMILES string of the molecule is CNC1(C)CCN(C(=O)C2COc3ccccc32)CC1. The molecule has 0 aromatic heterocycles. The van der Waals surface area contributed by atoms with Gasteiger partial charge in [-0.15, -0.1) is 0 Å². The molecule has 3 rings (SSSR count). The van der Waals surface area contributed by atoms with Gasteiger partial charge in [-0.1, -0.05) is 18.2 Å². The lowest BCUT2D eigenvalue weighted by molar-refractivity contribution is -0.134. The summed E-state index contributed by atoms with van der Waals surface area (Å²) in [5.74, 6) is 0.959. The first-order valence-electron chi connectivity index (χ1n) is 7.32. The van der Waals surface area contributed by atoms with Crippen molar-refractivity contribution in [1.29, 1.82) is 0 Å². The first-order chi connectivity index (χ1) is 9.63. The maximum Gasteiger partial charge on any atom is 0.233 e. The summed E-state index contributed by atoms with van der Waals surface area (Å²) in [6.45, 7) is 4.37. The fourth-order valence-corrected chi connectivity index (χ4v) is 3.06. The maximum atomic E-state index is 12.7. The van der Waals surface area contributed by atoms with Crippen molar-refractivity contribution in [3.05, 3.63) is 29.8 Å². The van der Waals surface area contributed by atoms with Crippen LogP contribution in [0.2, 0.25) is 0 Å². The number of likely N-dealkylation sites (tertiary alicyclic amines) is 1. The van der Waals surface area contributed by atoms with E-state index in [2.05, 4.69) is 12.2 Å². The Morgan fingerprint density at radius 2 is 2.05 bits per heavy atom. The van der Waals surface area contributed by atoms with E-state index < -0.39 is 0 Å². The number of fused-ring (bicyclic) bond motifs is 1. The minimum atomic E-state index is -0.120. The molecule has 1 atom stereocenters. The molecule has 0 spiro atoms. The Morgan fingerprint density at radius 1 is 1.35 bits per heavy atom. The van der Waals surface area contributed by atoms with Crippen molar-refractivity contribution in [3.8, 4) is 5.75 Å². The Morgan fingerprint density at radius 3 is 2.75 bits per heavy atom. The number of para-hydroxylation sites is 1. The van der Waals surface area contributed by atoms with Crippen LogP contribution in [-0.4, -0.2) is 43.1 Å². The number of ether oxygens (including phenoxy) is 1. The number of rotatable bonds is 2. The van der Waals surface area contributed by atoms with Crippen molar-refractivity contribution in [2.45, 2.75) is 31.2 Å². The highest BCUT2D eigenvalue weighted by molar-refractivity contribution is 5.85. The van der Waals surface area contributed by atoms with E-state index in [1.165, 1.54) is 0 Å². The van der Waals surface area contributed by atoms with Gasteiger partial charge in [-0.3, -0.25) is 4.79 Å². The molecule has 0 radical (unpaired) electrons. The van der Waals surface area contributed by atoms with Crippen LogP contribution in [0.4, 0.5) is 0 Å². The first kappa shape index (κ1) is 13.4. The Labute approximate surface area is 120 Å². The van der Waals surface area contributed by atoms with E-state index in [0.29, 0.717) is 6.61 Å². The summed E-state index contributed by atoms with van der Waals surface area (Å²) >= 11 is 0. The number of hydrogen-bond acceptors (Lipinski definition) is 3. The van der Waals surface area contributed by atoms with Gasteiger partial charge in [0.25, 0.3) is 0 Å². The van der Waals surface area contributed by atoms with Gasteiger partial charge in [0.2, 0.25) is 5.91 Å². The zero-order chi connectivity index (χ0) is 14.2. The van der Waals surface area contributed by atoms with Gasteiger partial charge in [-0.2, -0.15) is 0 Å². The predicted octanol–water partition coefficient (Wildman–Crippen LogP) is 1.76. The predicted molar refractivity (Wildman–Crippen MR) is 78.0 cm³/mol. The zero-order valence-corrected chi connectivity index (χ0v) is 12.2. The molecule has 1 aromatic rings. The van der Waals surface area contributed by atoms with Gasteiger partial charge in [0.05, 0.1) is 0 Å². The third-order valence-electron chi connectivity index (χ3n) is 4.78. The topological polar surface area (TPSA) is 41.6 Å². The molecule has 1 aromatic carbocycles. The summed E-state index contributed by atoms with van der Waals surface area (Å²) < 4.78 is 5.63. The first-order valence-corrected chi connectivity index (χ1v) is 7.32. The van der Waals surface area contributed by atoms with E-state index in [-0.39, 0.29) is 17.4 Å². The van der Waals surface area contributed by atoms with E-state index in [9.17, 15) is 4.79 Å². The van der Waals surface area contributed by atoms with Crippen molar-refractivity contribution >= 4 is 5.91 Å². The van der Waals surface area contributed by atoms with Crippen LogP contribution >= 0.6 is 0 Å². The number of nitrogens with one attached hydrogen (secondary N) is 1. The molecule has 108 valence electrons. The van der Waals surface area contributed by atoms with Crippen LogP contribution in [0.1, 0.15) is 31.2 Å². The monoisotopic (exact) mass is 274 g/mol. The van der Waals surface area contributed by atoms with Crippen LogP contribution in [0.5, 0.6) is 5.75 Å². The van der Waals surface area contributed by atoms with Crippen LogP contribution in [-0.2, 0) is 4.79 Å². The second kappa shape index (κ2) is 5.09. The van der Waals surface area contributed by atoms with Crippen LogP contribution < -0.4 is 10.1 Å². The largest absolute Gasteiger partial charge is 0.492 e. The molecule has 4 nitrogen and oxygen atoms in total. The van der Waals surface area contributed by atoms with Gasteiger partial charge >= 0.3 is 0 Å². The van der Waals surface area contributed by atoms with Gasteiger partial charge in [0.15, 0.2) is 0 Å². The van der Waals surface area contributed by atoms with E-state index in [1.54, 1.807) is 0 Å². The molecule has 2 heterocycles. The molecule has 4 heteroatoms. The molecule has 2 aliphatic heterocycles. The van der Waals surface area contributed by atoms with Crippen molar-refractivity contribution < 1.29 is 9.53 Å². The zero-order valence-electron chi connectivity index (χ0n) is 12.2. The number of hydrogen-bond donors (Lipinski definition) is 1. The molecule has 1 unspecified atom stereocenters. The molecular weight excluding hydrogens is 252 g/mol. The highest BCUT2D eigenvalue weighted by Crippen LogP contribution is 2.35. The number of amides is 1. The summed E-state index contributed by atoms with van der Waals surface area (Å²) in [6.07, 6.45) is 2.01. The number of carbonyl (C=O) groups excluding carboxylic acids is 1. The number of benzene rings is 1. The van der Waals surface area contributed by atoms with Gasteiger partial charge in [0, 0.05) is 24.2 Å². The Kier molecular flexibility index (Phi) is 3.42. The van der Waals surface area contributed by atoms with E-state index in [0.717, 1.165) is 37.2 Å². The summed E-state index contributed by atoms with van der Waals surface area (Å²) in [5.41, 5.74) is 1.21. The lowest BCUT2D eigenvalue weighted by Crippen LogP contribution is -2.52. The van der Waals surface area contributed by atoms with Gasteiger partial charge in [-0.25, -0.2) is 0 Å². The summed E-state index contributed by atoms with van der Waals surface area (Å²) in [4.78, 5) is 14.7. The quantitative estimate of drug-likeness (QED) is 0.893. The van der Waals surface area contributed by atoms with Crippen LogP contribution in [0.25, 0.3) is 0 Å². The Bertz CT molecular complexity index is 507. The lowest BCUT2D eigenvalue weighted by atomic mass is 9.89.